The van der Waals surface area contributed by atoms with Crippen molar-refractivity contribution in [1.82, 2.24) is 0 Å². The van der Waals surface area contributed by atoms with Crippen LogP contribution in [0.25, 0.3) is 0 Å². The summed E-state index contributed by atoms with van der Waals surface area (Å²) in [5, 5.41) is 2.19. The Labute approximate surface area is 81.8 Å². The third-order valence-corrected chi connectivity index (χ3v) is 4.84. The van der Waals surface area contributed by atoms with E-state index < -0.39 is 0 Å². The Balaban J connectivity index is 2.09. The summed E-state index contributed by atoms with van der Waals surface area (Å²) < 4.78 is 0. The summed E-state index contributed by atoms with van der Waals surface area (Å²) in [4.78, 5) is 11.7. The van der Waals surface area contributed by atoms with E-state index in [-0.39, 0.29) is 0 Å². The van der Waals surface area contributed by atoms with Crippen LogP contribution in [0.5, 0.6) is 0 Å². The van der Waals surface area contributed by atoms with Gasteiger partial charge < -0.3 is 0 Å². The molecule has 13 heavy (non-hydrogen) atoms. The summed E-state index contributed by atoms with van der Waals surface area (Å²) >= 11 is 1.62. The maximum absolute atomic E-state index is 10.7. The van der Waals surface area contributed by atoms with Crippen molar-refractivity contribution in [3.05, 3.63) is 21.4 Å². The summed E-state index contributed by atoms with van der Waals surface area (Å²) in [5.41, 5.74) is 3.34. The average molecular weight is 192 g/mol. The highest BCUT2D eigenvalue weighted by molar-refractivity contribution is 7.12. The number of hydrogen-bond acceptors (Lipinski definition) is 2. The first kappa shape index (κ1) is 7.74. The molecule has 0 radical (unpaired) electrons. The minimum absolute atomic E-state index is 0.508. The zero-order valence-electron chi connectivity index (χ0n) is 7.83. The molecule has 1 heterocycles. The first-order chi connectivity index (χ1) is 6.16. The number of aldehydes is 1. The Morgan fingerprint density at radius 3 is 3.08 bits per heavy atom. The topological polar surface area (TPSA) is 17.1 Å². The molecule has 2 aliphatic rings. The van der Waals surface area contributed by atoms with Crippen LogP contribution in [0.1, 0.15) is 40.6 Å². The van der Waals surface area contributed by atoms with Crippen LogP contribution < -0.4 is 0 Å². The maximum Gasteiger partial charge on any atom is 0.160 e. The second-order valence-corrected chi connectivity index (χ2v) is 5.67. The van der Waals surface area contributed by atoms with Crippen LogP contribution in [0.3, 0.4) is 0 Å². The largest absolute Gasteiger partial charge is 0.297 e. The van der Waals surface area contributed by atoms with Crippen molar-refractivity contribution in [2.24, 2.45) is 11.3 Å². The van der Waals surface area contributed by atoms with Crippen LogP contribution in [0.15, 0.2) is 5.38 Å². The highest BCUT2D eigenvalue weighted by Crippen LogP contribution is 2.70. The van der Waals surface area contributed by atoms with E-state index in [2.05, 4.69) is 19.2 Å². The molecule has 1 saturated carbocycles. The lowest BCUT2D eigenvalue weighted by atomic mass is 9.97. The quantitative estimate of drug-likeness (QED) is 0.625. The van der Waals surface area contributed by atoms with E-state index in [1.54, 1.807) is 11.3 Å². The van der Waals surface area contributed by atoms with Gasteiger partial charge in [0, 0.05) is 0 Å². The number of hydrogen-bond donors (Lipinski definition) is 0. The van der Waals surface area contributed by atoms with Gasteiger partial charge in [-0.1, -0.05) is 13.8 Å². The molecule has 3 rings (SSSR count). The van der Waals surface area contributed by atoms with Crippen molar-refractivity contribution in [1.29, 1.82) is 0 Å². The van der Waals surface area contributed by atoms with Gasteiger partial charge in [-0.3, -0.25) is 4.79 Å². The van der Waals surface area contributed by atoms with Gasteiger partial charge in [-0.2, -0.15) is 0 Å². The summed E-state index contributed by atoms with van der Waals surface area (Å²) in [7, 11) is 0. The van der Waals surface area contributed by atoms with E-state index in [1.807, 2.05) is 0 Å². The maximum atomic E-state index is 10.7. The summed E-state index contributed by atoms with van der Waals surface area (Å²) in [6.45, 7) is 4.67. The molecule has 0 N–H and O–H groups in total. The normalized spacial score (nSPS) is 32.5. The van der Waals surface area contributed by atoms with Crippen molar-refractivity contribution in [3.63, 3.8) is 0 Å². The molecule has 2 unspecified atom stereocenters. The molecule has 0 aliphatic heterocycles. The number of rotatable bonds is 1. The fourth-order valence-corrected chi connectivity index (χ4v) is 3.89. The van der Waals surface area contributed by atoms with Gasteiger partial charge in [0.1, 0.15) is 0 Å². The molecule has 1 aromatic rings. The molecular weight excluding hydrogens is 180 g/mol. The number of fused-ring (bicyclic) bond motifs is 3. The zero-order valence-corrected chi connectivity index (χ0v) is 8.65. The molecule has 1 aromatic heterocycles. The monoisotopic (exact) mass is 192 g/mol. The van der Waals surface area contributed by atoms with Crippen LogP contribution in [0.2, 0.25) is 0 Å². The smallest absolute Gasteiger partial charge is 0.160 e. The second-order valence-electron chi connectivity index (χ2n) is 4.76. The highest BCUT2D eigenvalue weighted by atomic mass is 32.1. The van der Waals surface area contributed by atoms with Gasteiger partial charge in [-0.15, -0.1) is 11.3 Å². The molecule has 0 spiro atoms. The molecular formula is C11H12OS. The Morgan fingerprint density at radius 1 is 1.62 bits per heavy atom. The van der Waals surface area contributed by atoms with Gasteiger partial charge in [-0.05, 0) is 40.2 Å². The van der Waals surface area contributed by atoms with Gasteiger partial charge >= 0.3 is 0 Å². The Kier molecular flexibility index (Phi) is 1.23. The second kappa shape index (κ2) is 2.06. The van der Waals surface area contributed by atoms with Crippen molar-refractivity contribution in [3.8, 4) is 0 Å². The molecule has 2 atom stereocenters. The zero-order chi connectivity index (χ0) is 9.22. The van der Waals surface area contributed by atoms with E-state index in [4.69, 9.17) is 0 Å². The van der Waals surface area contributed by atoms with Gasteiger partial charge in [0.05, 0.1) is 4.88 Å². The summed E-state index contributed by atoms with van der Waals surface area (Å²) in [6.07, 6.45) is 2.16. The predicted octanol–water partition coefficient (Wildman–Crippen LogP) is 2.86. The fourth-order valence-electron chi connectivity index (χ4n) is 2.95. The molecule has 1 nitrogen and oxygen atoms in total. The van der Waals surface area contributed by atoms with Crippen LogP contribution in [-0.4, -0.2) is 6.29 Å². The Morgan fingerprint density at radius 2 is 2.38 bits per heavy atom. The first-order valence-electron chi connectivity index (χ1n) is 4.71. The standard InChI is InChI=1S/C11H12OS/c1-11(2)8-3-6-7(10(8)11)5-13-9(6)4-12/h4-5,8,10H,3H2,1-2H3. The van der Waals surface area contributed by atoms with E-state index in [9.17, 15) is 4.79 Å². The van der Waals surface area contributed by atoms with Crippen molar-refractivity contribution in [2.45, 2.75) is 26.2 Å². The molecule has 68 valence electrons. The molecule has 1 fully saturated rings. The molecule has 2 heteroatoms. The van der Waals surface area contributed by atoms with Crippen LogP contribution in [0, 0.1) is 11.3 Å². The third kappa shape index (κ3) is 0.755. The summed E-state index contributed by atoms with van der Waals surface area (Å²) in [6, 6.07) is 0. The average Bonchev–Trinajstić information content (AvgIpc) is 2.51. The molecule has 0 amide bonds. The van der Waals surface area contributed by atoms with Crippen molar-refractivity contribution >= 4 is 17.6 Å². The minimum Gasteiger partial charge on any atom is -0.297 e. The Hall–Kier alpha value is -0.630. The minimum atomic E-state index is 0.508. The van der Waals surface area contributed by atoms with Crippen LogP contribution in [-0.2, 0) is 6.42 Å². The number of carbonyl (C=O) groups excluding carboxylic acids is 1. The lowest BCUT2D eigenvalue weighted by molar-refractivity contribution is 0.112. The fraction of sp³-hybridized carbons (Fsp3) is 0.545. The number of carbonyl (C=O) groups is 1. The third-order valence-electron chi connectivity index (χ3n) is 3.88. The highest BCUT2D eigenvalue weighted by Gasteiger charge is 2.62. The van der Waals surface area contributed by atoms with Crippen LogP contribution >= 0.6 is 11.3 Å². The summed E-state index contributed by atoms with van der Waals surface area (Å²) in [5.74, 6) is 1.58. The molecule has 0 saturated heterocycles. The molecule has 0 bridgehead atoms. The lowest BCUT2D eigenvalue weighted by Crippen LogP contribution is -1.99. The van der Waals surface area contributed by atoms with E-state index in [0.29, 0.717) is 5.41 Å². The van der Waals surface area contributed by atoms with Crippen LogP contribution in [0.4, 0.5) is 0 Å². The van der Waals surface area contributed by atoms with E-state index in [0.717, 1.165) is 29.4 Å². The SMILES string of the molecule is CC1(C)C2Cc3c(csc3C=O)C21. The van der Waals surface area contributed by atoms with Gasteiger partial charge in [-0.25, -0.2) is 0 Å². The lowest BCUT2D eigenvalue weighted by Gasteiger charge is -2.07. The van der Waals surface area contributed by atoms with Crippen molar-refractivity contribution in [2.75, 3.05) is 0 Å². The number of thiophene rings is 1. The van der Waals surface area contributed by atoms with Gasteiger partial charge in [0.15, 0.2) is 6.29 Å². The van der Waals surface area contributed by atoms with E-state index in [1.165, 1.54) is 11.1 Å². The molecule has 0 aromatic carbocycles. The predicted molar refractivity (Wildman–Crippen MR) is 53.4 cm³/mol. The molecule has 2 aliphatic carbocycles. The van der Waals surface area contributed by atoms with E-state index >= 15 is 0 Å². The van der Waals surface area contributed by atoms with Crippen molar-refractivity contribution < 1.29 is 4.79 Å². The van der Waals surface area contributed by atoms with Gasteiger partial charge in [0.25, 0.3) is 0 Å². The van der Waals surface area contributed by atoms with Gasteiger partial charge in [0.2, 0.25) is 0 Å². The first-order valence-corrected chi connectivity index (χ1v) is 5.59. The Bertz CT molecular complexity index is 389.